The zero-order valence-corrected chi connectivity index (χ0v) is 13.9. The summed E-state index contributed by atoms with van der Waals surface area (Å²) in [5.74, 6) is 1.36. The minimum atomic E-state index is 0.681. The fourth-order valence-electron chi connectivity index (χ4n) is 2.61. The van der Waals surface area contributed by atoms with Crippen LogP contribution in [0.4, 0.5) is 0 Å². The van der Waals surface area contributed by atoms with Crippen LogP contribution in [-0.2, 0) is 13.1 Å². The van der Waals surface area contributed by atoms with Crippen molar-refractivity contribution < 1.29 is 4.52 Å². The highest BCUT2D eigenvalue weighted by Crippen LogP contribution is 2.26. The molecule has 1 fully saturated rings. The molecule has 1 aromatic carbocycles. The van der Waals surface area contributed by atoms with Crippen molar-refractivity contribution in [3.63, 3.8) is 0 Å². The molecule has 3 rings (SSSR count). The van der Waals surface area contributed by atoms with Crippen LogP contribution < -0.4 is 0 Å². The van der Waals surface area contributed by atoms with Gasteiger partial charge in [-0.05, 0) is 19.1 Å². The molecule has 5 nitrogen and oxygen atoms in total. The van der Waals surface area contributed by atoms with Crippen LogP contribution in [0, 0.1) is 6.92 Å². The molecule has 0 aliphatic carbocycles. The van der Waals surface area contributed by atoms with Gasteiger partial charge in [0.2, 0.25) is 5.89 Å². The summed E-state index contributed by atoms with van der Waals surface area (Å²) in [7, 11) is 0. The molecule has 22 heavy (non-hydrogen) atoms. The molecule has 118 valence electrons. The maximum absolute atomic E-state index is 6.24. The van der Waals surface area contributed by atoms with Crippen LogP contribution in [0.5, 0.6) is 0 Å². The Bertz CT molecular complexity index is 618. The van der Waals surface area contributed by atoms with Gasteiger partial charge >= 0.3 is 0 Å². The molecular weight excluding hydrogens is 323 g/mol. The van der Waals surface area contributed by atoms with Gasteiger partial charge < -0.3 is 4.52 Å². The van der Waals surface area contributed by atoms with E-state index in [2.05, 4.69) is 19.9 Å². The molecule has 1 aliphatic rings. The molecule has 0 bridgehead atoms. The minimum absolute atomic E-state index is 0.681. The number of hydrogen-bond donors (Lipinski definition) is 0. The maximum atomic E-state index is 6.24. The normalized spacial score (nSPS) is 17.0. The lowest BCUT2D eigenvalue weighted by molar-refractivity contribution is 0.112. The number of aryl methyl sites for hydroxylation is 1. The number of piperazine rings is 1. The summed E-state index contributed by atoms with van der Waals surface area (Å²) in [5, 5.41) is 5.29. The van der Waals surface area contributed by atoms with Gasteiger partial charge in [0.05, 0.1) is 6.54 Å². The number of halogens is 2. The summed E-state index contributed by atoms with van der Waals surface area (Å²) in [6.45, 7) is 7.18. The smallest absolute Gasteiger partial charge is 0.240 e. The lowest BCUT2D eigenvalue weighted by Crippen LogP contribution is -2.45. The number of aromatic nitrogens is 2. The molecule has 0 radical (unpaired) electrons. The molecule has 0 amide bonds. The van der Waals surface area contributed by atoms with Gasteiger partial charge in [-0.15, -0.1) is 0 Å². The third-order valence-electron chi connectivity index (χ3n) is 3.84. The summed E-state index contributed by atoms with van der Waals surface area (Å²) >= 11 is 12.5. The van der Waals surface area contributed by atoms with E-state index in [0.29, 0.717) is 18.3 Å². The van der Waals surface area contributed by atoms with E-state index in [4.69, 9.17) is 27.7 Å². The average molecular weight is 341 g/mol. The van der Waals surface area contributed by atoms with Crippen molar-refractivity contribution in [2.24, 2.45) is 0 Å². The van der Waals surface area contributed by atoms with Crippen LogP contribution in [0.1, 0.15) is 17.3 Å². The molecule has 2 aromatic rings. The highest BCUT2D eigenvalue weighted by atomic mass is 35.5. The lowest BCUT2D eigenvalue weighted by Gasteiger charge is -2.34. The zero-order valence-electron chi connectivity index (χ0n) is 12.4. The maximum Gasteiger partial charge on any atom is 0.240 e. The van der Waals surface area contributed by atoms with Gasteiger partial charge in [-0.1, -0.05) is 34.4 Å². The summed E-state index contributed by atoms with van der Waals surface area (Å²) in [5.41, 5.74) is 1.01. The zero-order chi connectivity index (χ0) is 15.5. The van der Waals surface area contributed by atoms with Crippen LogP contribution in [0.2, 0.25) is 10.0 Å². The molecule has 2 heterocycles. The Labute approximate surface area is 139 Å². The van der Waals surface area contributed by atoms with E-state index in [-0.39, 0.29) is 0 Å². The number of hydrogen-bond acceptors (Lipinski definition) is 5. The Morgan fingerprint density at radius 3 is 2.18 bits per heavy atom. The van der Waals surface area contributed by atoms with Gasteiger partial charge in [-0.3, -0.25) is 9.80 Å². The number of nitrogens with zero attached hydrogens (tertiary/aromatic N) is 4. The first-order valence-corrected chi connectivity index (χ1v) is 8.04. The molecule has 7 heteroatoms. The van der Waals surface area contributed by atoms with Crippen molar-refractivity contribution in [2.45, 2.75) is 20.0 Å². The fourth-order valence-corrected chi connectivity index (χ4v) is 3.13. The Hall–Kier alpha value is -1.14. The third kappa shape index (κ3) is 3.79. The predicted molar refractivity (Wildman–Crippen MR) is 86.1 cm³/mol. The van der Waals surface area contributed by atoms with Crippen molar-refractivity contribution >= 4 is 23.2 Å². The van der Waals surface area contributed by atoms with Crippen molar-refractivity contribution in [2.75, 3.05) is 26.2 Å². The van der Waals surface area contributed by atoms with Gasteiger partial charge in [-0.25, -0.2) is 0 Å². The van der Waals surface area contributed by atoms with E-state index in [0.717, 1.165) is 48.3 Å². The van der Waals surface area contributed by atoms with E-state index < -0.39 is 0 Å². The first-order valence-electron chi connectivity index (χ1n) is 7.28. The second kappa shape index (κ2) is 6.96. The van der Waals surface area contributed by atoms with Crippen LogP contribution in [-0.4, -0.2) is 46.1 Å². The van der Waals surface area contributed by atoms with Gasteiger partial charge in [-0.2, -0.15) is 4.98 Å². The highest BCUT2D eigenvalue weighted by Gasteiger charge is 2.20. The Balaban J connectivity index is 1.53. The topological polar surface area (TPSA) is 45.4 Å². The first kappa shape index (κ1) is 15.7. The van der Waals surface area contributed by atoms with E-state index in [1.165, 1.54) is 0 Å². The summed E-state index contributed by atoms with van der Waals surface area (Å²) in [6.07, 6.45) is 0. The molecule has 0 N–H and O–H groups in total. The van der Waals surface area contributed by atoms with Gasteiger partial charge in [0.1, 0.15) is 0 Å². The van der Waals surface area contributed by atoms with Gasteiger partial charge in [0.15, 0.2) is 5.82 Å². The molecule has 0 spiro atoms. The fraction of sp³-hybridized carbons (Fsp3) is 0.467. The van der Waals surface area contributed by atoms with Crippen molar-refractivity contribution in [1.29, 1.82) is 0 Å². The molecule has 0 unspecified atom stereocenters. The number of benzene rings is 1. The summed E-state index contributed by atoms with van der Waals surface area (Å²) in [4.78, 5) is 8.93. The first-order chi connectivity index (χ1) is 10.6. The average Bonchev–Trinajstić information content (AvgIpc) is 2.90. The molecule has 1 aromatic heterocycles. The Morgan fingerprint density at radius 1 is 1.05 bits per heavy atom. The number of rotatable bonds is 4. The quantitative estimate of drug-likeness (QED) is 0.855. The van der Waals surface area contributed by atoms with E-state index >= 15 is 0 Å². The predicted octanol–water partition coefficient (Wildman–Crippen LogP) is 3.00. The molecule has 0 atom stereocenters. The highest BCUT2D eigenvalue weighted by molar-refractivity contribution is 6.35. The third-order valence-corrected chi connectivity index (χ3v) is 4.55. The lowest BCUT2D eigenvalue weighted by atomic mass is 10.2. The summed E-state index contributed by atoms with van der Waals surface area (Å²) < 4.78 is 5.17. The van der Waals surface area contributed by atoms with E-state index in [9.17, 15) is 0 Å². The second-order valence-electron chi connectivity index (χ2n) is 5.49. The molecule has 1 aliphatic heterocycles. The molecular formula is C15H18Cl2N4O. The standard InChI is InChI=1S/C15H18Cl2N4O/c1-11-18-15(22-19-11)10-21-7-5-20(6-8-21)9-12-13(16)3-2-4-14(12)17/h2-4H,5-10H2,1H3. The van der Waals surface area contributed by atoms with Gasteiger partial charge in [0.25, 0.3) is 0 Å². The van der Waals surface area contributed by atoms with Crippen molar-refractivity contribution in [3.05, 3.63) is 45.5 Å². The SMILES string of the molecule is Cc1noc(CN2CCN(Cc3c(Cl)cccc3Cl)CC2)n1. The Kier molecular flexibility index (Phi) is 4.98. The van der Waals surface area contributed by atoms with Crippen LogP contribution >= 0.6 is 23.2 Å². The monoisotopic (exact) mass is 340 g/mol. The Morgan fingerprint density at radius 2 is 1.64 bits per heavy atom. The summed E-state index contributed by atoms with van der Waals surface area (Å²) in [6, 6.07) is 5.65. The van der Waals surface area contributed by atoms with Crippen molar-refractivity contribution in [1.82, 2.24) is 19.9 Å². The molecule has 0 saturated carbocycles. The molecule has 1 saturated heterocycles. The van der Waals surface area contributed by atoms with E-state index in [1.54, 1.807) is 0 Å². The minimum Gasteiger partial charge on any atom is -0.338 e. The van der Waals surface area contributed by atoms with Crippen LogP contribution in [0.25, 0.3) is 0 Å². The van der Waals surface area contributed by atoms with E-state index in [1.807, 2.05) is 25.1 Å². The van der Waals surface area contributed by atoms with Crippen LogP contribution in [0.3, 0.4) is 0 Å². The van der Waals surface area contributed by atoms with Gasteiger partial charge in [0, 0.05) is 48.3 Å². The van der Waals surface area contributed by atoms with Crippen LogP contribution in [0.15, 0.2) is 22.7 Å². The van der Waals surface area contributed by atoms with Crippen molar-refractivity contribution in [3.8, 4) is 0 Å². The largest absolute Gasteiger partial charge is 0.338 e. The second-order valence-corrected chi connectivity index (χ2v) is 6.30.